The van der Waals surface area contributed by atoms with Crippen molar-refractivity contribution < 1.29 is 9.53 Å². The molecular formula is C23H23NO2S. The molecule has 138 valence electrons. The van der Waals surface area contributed by atoms with Gasteiger partial charge in [0.2, 0.25) is 5.91 Å². The summed E-state index contributed by atoms with van der Waals surface area (Å²) in [6, 6.07) is 15.2. The van der Waals surface area contributed by atoms with Gasteiger partial charge in [-0.3, -0.25) is 4.79 Å². The number of ether oxygens (including phenoxy) is 1. The highest BCUT2D eigenvalue weighted by atomic mass is 32.1. The zero-order valence-electron chi connectivity index (χ0n) is 15.2. The first-order valence-corrected chi connectivity index (χ1v) is 10.9. The van der Waals surface area contributed by atoms with Gasteiger partial charge in [-0.2, -0.15) is 0 Å². The lowest BCUT2D eigenvalue weighted by Crippen LogP contribution is -2.38. The molecular weight excluding hydrogens is 354 g/mol. The molecule has 4 aliphatic rings. The molecule has 1 aromatic heterocycles. The second-order valence-electron chi connectivity index (χ2n) is 8.39. The van der Waals surface area contributed by atoms with Crippen molar-refractivity contribution in [3.63, 3.8) is 0 Å². The molecule has 2 aromatic rings. The lowest BCUT2D eigenvalue weighted by atomic mass is 9.71. The second kappa shape index (κ2) is 5.79. The highest BCUT2D eigenvalue weighted by molar-refractivity contribution is 7.11. The van der Waals surface area contributed by atoms with Crippen LogP contribution in [0, 0.1) is 5.92 Å². The van der Waals surface area contributed by atoms with Crippen LogP contribution in [-0.4, -0.2) is 35.1 Å². The van der Waals surface area contributed by atoms with E-state index < -0.39 is 5.60 Å². The van der Waals surface area contributed by atoms with Gasteiger partial charge in [-0.05, 0) is 41.5 Å². The molecule has 1 aromatic carbocycles. The van der Waals surface area contributed by atoms with Crippen LogP contribution >= 0.6 is 11.3 Å². The van der Waals surface area contributed by atoms with E-state index in [-0.39, 0.29) is 17.9 Å². The third-order valence-corrected chi connectivity index (χ3v) is 7.91. The molecule has 1 amide bonds. The first kappa shape index (κ1) is 16.1. The topological polar surface area (TPSA) is 29.5 Å². The van der Waals surface area contributed by atoms with E-state index in [4.69, 9.17) is 4.74 Å². The zero-order valence-corrected chi connectivity index (χ0v) is 16.0. The smallest absolute Gasteiger partial charge is 0.230 e. The van der Waals surface area contributed by atoms with Gasteiger partial charge in [0, 0.05) is 16.8 Å². The van der Waals surface area contributed by atoms with Gasteiger partial charge in [-0.25, -0.2) is 0 Å². The molecule has 0 N–H and O–H groups in total. The highest BCUT2D eigenvalue weighted by Gasteiger charge is 2.67. The van der Waals surface area contributed by atoms with Crippen molar-refractivity contribution in [2.24, 2.45) is 5.92 Å². The number of amides is 1. The first-order chi connectivity index (χ1) is 13.3. The number of fused-ring (bicyclic) bond motifs is 1. The number of hydrogen-bond acceptors (Lipinski definition) is 3. The monoisotopic (exact) mass is 377 g/mol. The Bertz CT molecular complexity index is 900. The molecule has 2 saturated heterocycles. The summed E-state index contributed by atoms with van der Waals surface area (Å²) >= 11 is 1.77. The van der Waals surface area contributed by atoms with E-state index in [9.17, 15) is 4.79 Å². The van der Waals surface area contributed by atoms with Crippen LogP contribution in [0.15, 0.2) is 53.9 Å². The molecule has 3 nitrogen and oxygen atoms in total. The van der Waals surface area contributed by atoms with Crippen molar-refractivity contribution in [1.29, 1.82) is 0 Å². The fraction of sp³-hybridized carbons (Fsp3) is 0.435. The van der Waals surface area contributed by atoms with Crippen molar-refractivity contribution in [3.05, 3.63) is 64.4 Å². The minimum Gasteiger partial charge on any atom is -0.360 e. The summed E-state index contributed by atoms with van der Waals surface area (Å²) in [6.45, 7) is 0.732. The van der Waals surface area contributed by atoms with Gasteiger partial charge >= 0.3 is 0 Å². The minimum atomic E-state index is -0.440. The van der Waals surface area contributed by atoms with Crippen LogP contribution < -0.4 is 0 Å². The van der Waals surface area contributed by atoms with Gasteiger partial charge in [0.1, 0.15) is 5.60 Å². The van der Waals surface area contributed by atoms with E-state index in [1.807, 2.05) is 6.07 Å². The lowest BCUT2D eigenvalue weighted by Gasteiger charge is -2.28. The number of benzene rings is 1. The summed E-state index contributed by atoms with van der Waals surface area (Å²) in [6.07, 6.45) is 7.08. The minimum absolute atomic E-state index is 0.00859. The molecule has 4 atom stereocenters. The van der Waals surface area contributed by atoms with Gasteiger partial charge in [-0.1, -0.05) is 49.2 Å². The molecule has 0 radical (unpaired) electrons. The van der Waals surface area contributed by atoms with Crippen molar-refractivity contribution >= 4 is 22.8 Å². The van der Waals surface area contributed by atoms with Gasteiger partial charge in [0.25, 0.3) is 0 Å². The van der Waals surface area contributed by atoms with Crippen LogP contribution in [0.25, 0.3) is 5.57 Å². The summed E-state index contributed by atoms with van der Waals surface area (Å²) < 4.78 is 6.70. The maximum atomic E-state index is 13.6. The number of likely N-dealkylation sites (tertiary alicyclic amines) is 1. The molecule has 6 rings (SSSR count). The average molecular weight is 378 g/mol. The summed E-state index contributed by atoms with van der Waals surface area (Å²) in [5.41, 5.74) is 2.08. The highest BCUT2D eigenvalue weighted by Crippen LogP contribution is 2.60. The number of nitrogens with zero attached hydrogens (tertiary/aromatic N) is 1. The maximum Gasteiger partial charge on any atom is 0.230 e. The lowest BCUT2D eigenvalue weighted by molar-refractivity contribution is -0.133. The molecule has 27 heavy (non-hydrogen) atoms. The molecule has 1 spiro atoms. The standard InChI is InChI=1S/C23H23NO2S/c25-22-20-19(15-7-2-1-3-8-15)21-17(18-11-6-12-27-18)13-23(20,26-21)14-24(22)16-9-4-5-10-16/h1-3,6-8,11-13,16,19-21H,4-5,9-10,14H2/t19-,20?,21-,23-/m1/s1. The summed E-state index contributed by atoms with van der Waals surface area (Å²) in [4.78, 5) is 17.0. The normalized spacial score (nSPS) is 35.1. The molecule has 1 unspecified atom stereocenters. The van der Waals surface area contributed by atoms with E-state index in [1.165, 1.54) is 28.9 Å². The third-order valence-electron chi connectivity index (χ3n) is 6.99. The summed E-state index contributed by atoms with van der Waals surface area (Å²) in [7, 11) is 0. The number of hydrogen-bond donors (Lipinski definition) is 0. The maximum absolute atomic E-state index is 13.6. The van der Waals surface area contributed by atoms with Gasteiger partial charge in [0.15, 0.2) is 0 Å². The van der Waals surface area contributed by atoms with E-state index in [1.54, 1.807) is 11.3 Å². The summed E-state index contributed by atoms with van der Waals surface area (Å²) in [5.74, 6) is 0.362. The Balaban J connectivity index is 1.46. The van der Waals surface area contributed by atoms with Crippen molar-refractivity contribution in [3.8, 4) is 0 Å². The SMILES string of the molecule is O=C1C2[C@@H](c3ccccc3)[C@@H]3O[C@]2(C=C3c2cccs2)CN1C1CCCC1. The predicted octanol–water partition coefficient (Wildman–Crippen LogP) is 4.47. The Morgan fingerprint density at radius 3 is 2.63 bits per heavy atom. The van der Waals surface area contributed by atoms with Crippen LogP contribution in [0.2, 0.25) is 0 Å². The van der Waals surface area contributed by atoms with Crippen LogP contribution in [0.3, 0.4) is 0 Å². The Kier molecular flexibility index (Phi) is 3.45. The molecule has 4 heterocycles. The van der Waals surface area contributed by atoms with Crippen LogP contribution in [0.4, 0.5) is 0 Å². The predicted molar refractivity (Wildman–Crippen MR) is 107 cm³/mol. The Morgan fingerprint density at radius 2 is 1.89 bits per heavy atom. The summed E-state index contributed by atoms with van der Waals surface area (Å²) in [5, 5.41) is 2.12. The largest absolute Gasteiger partial charge is 0.360 e. The van der Waals surface area contributed by atoms with Crippen LogP contribution in [-0.2, 0) is 9.53 Å². The fourth-order valence-electron chi connectivity index (χ4n) is 5.88. The Hall–Kier alpha value is -1.91. The number of carbonyl (C=O) groups is 1. The third kappa shape index (κ3) is 2.20. The van der Waals surface area contributed by atoms with Crippen molar-refractivity contribution in [1.82, 2.24) is 4.90 Å². The fourth-order valence-corrected chi connectivity index (χ4v) is 6.65. The van der Waals surface area contributed by atoms with E-state index in [0.29, 0.717) is 11.9 Å². The number of thiophene rings is 1. The molecule has 3 aliphatic heterocycles. The number of rotatable bonds is 3. The average Bonchev–Trinajstić information content (AvgIpc) is 3.49. The molecule has 3 fully saturated rings. The molecule has 2 bridgehead atoms. The van der Waals surface area contributed by atoms with E-state index in [0.717, 1.165) is 19.4 Å². The number of carbonyl (C=O) groups excluding carboxylic acids is 1. The van der Waals surface area contributed by atoms with Crippen molar-refractivity contribution in [2.45, 2.75) is 49.3 Å². The molecule has 1 saturated carbocycles. The van der Waals surface area contributed by atoms with Gasteiger partial charge in [-0.15, -0.1) is 11.3 Å². The van der Waals surface area contributed by atoms with Crippen LogP contribution in [0.5, 0.6) is 0 Å². The van der Waals surface area contributed by atoms with E-state index in [2.05, 4.69) is 52.8 Å². The Morgan fingerprint density at radius 1 is 1.07 bits per heavy atom. The first-order valence-electron chi connectivity index (χ1n) is 10.1. The zero-order chi connectivity index (χ0) is 18.0. The van der Waals surface area contributed by atoms with Crippen LogP contribution in [0.1, 0.15) is 42.0 Å². The molecule has 1 aliphatic carbocycles. The Labute approximate surface area is 163 Å². The van der Waals surface area contributed by atoms with Gasteiger partial charge in [0.05, 0.1) is 18.6 Å². The van der Waals surface area contributed by atoms with Gasteiger partial charge < -0.3 is 9.64 Å². The van der Waals surface area contributed by atoms with E-state index >= 15 is 0 Å². The second-order valence-corrected chi connectivity index (χ2v) is 9.34. The molecule has 4 heteroatoms. The quantitative estimate of drug-likeness (QED) is 0.790. The van der Waals surface area contributed by atoms with Crippen molar-refractivity contribution in [2.75, 3.05) is 6.54 Å².